The van der Waals surface area contributed by atoms with Crippen LogP contribution in [0.15, 0.2) is 97.1 Å². The highest BCUT2D eigenvalue weighted by atomic mass is 19.1. The zero-order valence-corrected chi connectivity index (χ0v) is 22.2. The van der Waals surface area contributed by atoms with Gasteiger partial charge in [-0.3, -0.25) is 10.1 Å². The van der Waals surface area contributed by atoms with Crippen molar-refractivity contribution in [1.82, 2.24) is 5.32 Å². The van der Waals surface area contributed by atoms with E-state index in [1.54, 1.807) is 31.2 Å². The number of benzene rings is 4. The summed E-state index contributed by atoms with van der Waals surface area (Å²) >= 11 is 0. The fourth-order valence-electron chi connectivity index (χ4n) is 5.12. The molecule has 0 fully saturated rings. The highest BCUT2D eigenvalue weighted by molar-refractivity contribution is 5.83. The Morgan fingerprint density at radius 3 is 2.12 bits per heavy atom. The van der Waals surface area contributed by atoms with Gasteiger partial charge < -0.3 is 14.8 Å². The van der Waals surface area contributed by atoms with E-state index in [4.69, 9.17) is 9.47 Å². The Morgan fingerprint density at radius 2 is 1.51 bits per heavy atom. The van der Waals surface area contributed by atoms with Crippen LogP contribution in [0.1, 0.15) is 41.0 Å². The van der Waals surface area contributed by atoms with Crippen molar-refractivity contribution >= 4 is 17.7 Å². The number of carbonyl (C=O) groups is 2. The van der Waals surface area contributed by atoms with Crippen LogP contribution in [-0.4, -0.2) is 29.6 Å². The van der Waals surface area contributed by atoms with Crippen LogP contribution in [0, 0.1) is 15.9 Å². The topological polar surface area (TPSA) is 108 Å². The lowest BCUT2D eigenvalue weighted by molar-refractivity contribution is -0.387. The first-order valence-electron chi connectivity index (χ1n) is 13.1. The lowest BCUT2D eigenvalue weighted by Crippen LogP contribution is -2.45. The molecule has 4 aromatic carbocycles. The predicted octanol–water partition coefficient (Wildman–Crippen LogP) is 6.49. The summed E-state index contributed by atoms with van der Waals surface area (Å²) < 4.78 is 25.5. The molecule has 1 amide bonds. The minimum atomic E-state index is -1.25. The van der Waals surface area contributed by atoms with Gasteiger partial charge in [0, 0.05) is 17.9 Å². The van der Waals surface area contributed by atoms with E-state index >= 15 is 0 Å². The molecule has 0 unspecified atom stereocenters. The second kappa shape index (κ2) is 12.0. The third kappa shape index (κ3) is 5.94. The molecule has 9 heteroatoms. The highest BCUT2D eigenvalue weighted by Gasteiger charge is 2.33. The second-order valence-electron chi connectivity index (χ2n) is 9.80. The number of esters is 1. The summed E-state index contributed by atoms with van der Waals surface area (Å²) in [5.74, 6) is -2.78. The summed E-state index contributed by atoms with van der Waals surface area (Å²) in [5, 5.41) is 13.7. The first-order valence-corrected chi connectivity index (χ1v) is 13.1. The number of halogens is 1. The van der Waals surface area contributed by atoms with Crippen molar-refractivity contribution in [3.63, 3.8) is 0 Å². The van der Waals surface area contributed by atoms with E-state index in [0.717, 1.165) is 39.9 Å². The molecule has 0 bridgehead atoms. The minimum absolute atomic E-state index is 0.0339. The van der Waals surface area contributed by atoms with Gasteiger partial charge in [0.25, 0.3) is 0 Å². The molecule has 41 heavy (non-hydrogen) atoms. The van der Waals surface area contributed by atoms with Gasteiger partial charge in [-0.25, -0.2) is 9.59 Å². The van der Waals surface area contributed by atoms with Gasteiger partial charge in [-0.15, -0.1) is 0 Å². The van der Waals surface area contributed by atoms with Gasteiger partial charge >= 0.3 is 17.7 Å². The Morgan fingerprint density at radius 1 is 0.902 bits per heavy atom. The third-order valence-electron chi connectivity index (χ3n) is 7.29. The molecule has 0 aromatic heterocycles. The first kappa shape index (κ1) is 27.5. The standard InChI is InChI=1S/C32H27FN2O6/c1-20(22-15-16-29(35(38)39)28(33)17-22)30(31(36)40-18-21-9-3-2-4-10-21)34-32(37)41-19-27-25-13-7-5-11-23(25)24-12-6-8-14-26(24)27/h2-17,20,27,30H,18-19H2,1H3,(H,34,37)/t20-,30+/m0/s1. The van der Waals surface area contributed by atoms with Gasteiger partial charge in [0.15, 0.2) is 0 Å². The van der Waals surface area contributed by atoms with E-state index in [9.17, 15) is 24.1 Å². The van der Waals surface area contributed by atoms with Gasteiger partial charge in [-0.05, 0) is 39.4 Å². The summed E-state index contributed by atoms with van der Waals surface area (Å²) in [6.07, 6.45) is -0.845. The number of amides is 1. The summed E-state index contributed by atoms with van der Waals surface area (Å²) in [6, 6.07) is 26.9. The lowest BCUT2D eigenvalue weighted by Gasteiger charge is -2.24. The Hall–Kier alpha value is -5.05. The van der Waals surface area contributed by atoms with Gasteiger partial charge in [-0.1, -0.05) is 91.9 Å². The number of ether oxygens (including phenoxy) is 2. The molecule has 0 aliphatic heterocycles. The second-order valence-corrected chi connectivity index (χ2v) is 9.80. The first-order chi connectivity index (χ1) is 19.8. The lowest BCUT2D eigenvalue weighted by atomic mass is 9.93. The number of nitrogens with zero attached hydrogens (tertiary/aromatic N) is 1. The maximum Gasteiger partial charge on any atom is 0.407 e. The molecule has 0 saturated carbocycles. The fraction of sp³-hybridized carbons (Fsp3) is 0.188. The summed E-state index contributed by atoms with van der Waals surface area (Å²) in [7, 11) is 0. The Balaban J connectivity index is 1.33. The molecule has 1 aliphatic carbocycles. The van der Waals surface area contributed by atoms with E-state index in [0.29, 0.717) is 0 Å². The average molecular weight is 555 g/mol. The summed E-state index contributed by atoms with van der Waals surface area (Å²) in [6.45, 7) is 1.59. The van der Waals surface area contributed by atoms with Crippen LogP contribution in [0.5, 0.6) is 0 Å². The molecule has 2 atom stereocenters. The molecular weight excluding hydrogens is 527 g/mol. The van der Waals surface area contributed by atoms with E-state index in [-0.39, 0.29) is 24.7 Å². The zero-order chi connectivity index (χ0) is 28.9. The van der Waals surface area contributed by atoms with Gasteiger partial charge in [-0.2, -0.15) is 4.39 Å². The fourth-order valence-corrected chi connectivity index (χ4v) is 5.12. The number of rotatable bonds is 9. The molecule has 5 rings (SSSR count). The van der Waals surface area contributed by atoms with Crippen LogP contribution < -0.4 is 5.32 Å². The zero-order valence-electron chi connectivity index (χ0n) is 22.2. The van der Waals surface area contributed by atoms with Crippen molar-refractivity contribution in [2.75, 3.05) is 6.61 Å². The Labute approximate surface area is 235 Å². The van der Waals surface area contributed by atoms with Crippen LogP contribution in [-0.2, 0) is 20.9 Å². The molecule has 0 radical (unpaired) electrons. The monoisotopic (exact) mass is 554 g/mol. The van der Waals surface area contributed by atoms with Gasteiger partial charge in [0.1, 0.15) is 19.3 Å². The molecule has 0 saturated heterocycles. The number of carbonyl (C=O) groups excluding carboxylic acids is 2. The summed E-state index contributed by atoms with van der Waals surface area (Å²) in [4.78, 5) is 36.5. The van der Waals surface area contributed by atoms with Crippen molar-refractivity contribution in [1.29, 1.82) is 0 Å². The van der Waals surface area contributed by atoms with E-state index in [2.05, 4.69) is 5.32 Å². The van der Waals surface area contributed by atoms with Crippen LogP contribution in [0.4, 0.5) is 14.9 Å². The minimum Gasteiger partial charge on any atom is -0.459 e. The third-order valence-corrected chi connectivity index (χ3v) is 7.29. The number of hydrogen-bond acceptors (Lipinski definition) is 6. The molecular formula is C32H27FN2O6. The Kier molecular flexibility index (Phi) is 8.05. The molecule has 0 spiro atoms. The maximum absolute atomic E-state index is 14.4. The average Bonchev–Trinajstić information content (AvgIpc) is 3.31. The summed E-state index contributed by atoms with van der Waals surface area (Å²) in [5.41, 5.74) is 4.56. The van der Waals surface area contributed by atoms with E-state index in [1.165, 1.54) is 6.07 Å². The predicted molar refractivity (Wildman–Crippen MR) is 150 cm³/mol. The number of nitrogens with one attached hydrogen (secondary N) is 1. The van der Waals surface area contributed by atoms with Crippen LogP contribution in [0.25, 0.3) is 11.1 Å². The van der Waals surface area contributed by atoms with Crippen LogP contribution >= 0.6 is 0 Å². The van der Waals surface area contributed by atoms with Gasteiger partial charge in [0.05, 0.1) is 4.92 Å². The van der Waals surface area contributed by atoms with Crippen LogP contribution in [0.2, 0.25) is 0 Å². The number of nitro groups is 1. The van der Waals surface area contributed by atoms with Crippen molar-refractivity contribution in [3.8, 4) is 11.1 Å². The molecule has 1 N–H and O–H groups in total. The number of hydrogen-bond donors (Lipinski definition) is 1. The van der Waals surface area contributed by atoms with Crippen LogP contribution in [0.3, 0.4) is 0 Å². The number of nitro benzene ring substituents is 1. The molecule has 8 nitrogen and oxygen atoms in total. The quantitative estimate of drug-likeness (QED) is 0.144. The Bertz CT molecular complexity index is 1550. The molecule has 4 aromatic rings. The van der Waals surface area contributed by atoms with Crippen molar-refractivity contribution in [2.24, 2.45) is 0 Å². The SMILES string of the molecule is C[C@@H](c1ccc([N+](=O)[O-])c(F)c1)[C@@H](NC(=O)OCC1c2ccccc2-c2ccccc21)C(=O)OCc1ccccc1. The molecule has 0 heterocycles. The smallest absolute Gasteiger partial charge is 0.407 e. The molecule has 1 aliphatic rings. The van der Waals surface area contributed by atoms with Crippen molar-refractivity contribution in [2.45, 2.75) is 31.4 Å². The van der Waals surface area contributed by atoms with Gasteiger partial charge in [0.2, 0.25) is 5.82 Å². The molecule has 208 valence electrons. The number of alkyl carbamates (subject to hydrolysis) is 1. The van der Waals surface area contributed by atoms with E-state index < -0.39 is 40.5 Å². The largest absolute Gasteiger partial charge is 0.459 e. The van der Waals surface area contributed by atoms with E-state index in [1.807, 2.05) is 54.6 Å². The normalized spacial score (nSPS) is 13.4. The van der Waals surface area contributed by atoms with Crippen molar-refractivity contribution < 1.29 is 28.4 Å². The van der Waals surface area contributed by atoms with Crippen molar-refractivity contribution in [3.05, 3.63) is 135 Å². The maximum atomic E-state index is 14.4. The highest BCUT2D eigenvalue weighted by Crippen LogP contribution is 2.44. The number of fused-ring (bicyclic) bond motifs is 3.